The average molecular weight is 354 g/mol. The summed E-state index contributed by atoms with van der Waals surface area (Å²) in [6, 6.07) is 2.68. The fourth-order valence-electron chi connectivity index (χ4n) is 1.86. The van der Waals surface area contributed by atoms with Crippen LogP contribution in [-0.2, 0) is 11.2 Å². The average Bonchev–Trinajstić information content (AvgIpc) is 2.94. The first kappa shape index (κ1) is 17.9. The molecule has 0 radical (unpaired) electrons. The van der Waals surface area contributed by atoms with Crippen LogP contribution in [0.25, 0.3) is 0 Å². The minimum Gasteiger partial charge on any atom is -0.351 e. The van der Waals surface area contributed by atoms with Gasteiger partial charge in [0.1, 0.15) is 16.6 Å². The van der Waals surface area contributed by atoms with Gasteiger partial charge in [-0.1, -0.05) is 18.3 Å². The van der Waals surface area contributed by atoms with Gasteiger partial charge in [0.05, 0.1) is 5.56 Å². The van der Waals surface area contributed by atoms with Crippen molar-refractivity contribution in [1.82, 2.24) is 15.5 Å². The quantitative estimate of drug-likeness (QED) is 0.800. The van der Waals surface area contributed by atoms with Crippen molar-refractivity contribution in [3.8, 4) is 0 Å². The lowest BCUT2D eigenvalue weighted by atomic mass is 10.2. The summed E-state index contributed by atoms with van der Waals surface area (Å²) < 4.78 is 26.2. The van der Waals surface area contributed by atoms with Crippen molar-refractivity contribution in [3.63, 3.8) is 0 Å². The third kappa shape index (κ3) is 5.05. The summed E-state index contributed by atoms with van der Waals surface area (Å²) in [6.45, 7) is 2.04. The summed E-state index contributed by atoms with van der Waals surface area (Å²) >= 11 is 1.30. The largest absolute Gasteiger partial charge is 0.351 e. The predicted molar refractivity (Wildman–Crippen MR) is 85.8 cm³/mol. The number of nitrogens with one attached hydrogen (secondary N) is 2. The Balaban J connectivity index is 1.78. The number of aryl methyl sites for hydroxylation is 1. The third-order valence-electron chi connectivity index (χ3n) is 2.99. The van der Waals surface area contributed by atoms with Gasteiger partial charge in [-0.15, -0.1) is 10.2 Å². The summed E-state index contributed by atoms with van der Waals surface area (Å²) in [7, 11) is 0. The van der Waals surface area contributed by atoms with Gasteiger partial charge in [0.2, 0.25) is 11.0 Å². The van der Waals surface area contributed by atoms with Crippen molar-refractivity contribution in [2.75, 3.05) is 11.9 Å². The minimum atomic E-state index is -0.950. The zero-order chi connectivity index (χ0) is 17.5. The first-order chi connectivity index (χ1) is 11.5. The predicted octanol–water partition coefficient (Wildman–Crippen LogP) is 2.53. The van der Waals surface area contributed by atoms with E-state index in [1.807, 2.05) is 6.92 Å². The van der Waals surface area contributed by atoms with Gasteiger partial charge >= 0.3 is 0 Å². The fourth-order valence-corrected chi connectivity index (χ4v) is 2.72. The molecule has 1 heterocycles. The number of nitrogens with zero attached hydrogens (tertiary/aromatic N) is 2. The minimum absolute atomic E-state index is 0.00273. The molecule has 2 rings (SSSR count). The topological polar surface area (TPSA) is 84.0 Å². The summed E-state index contributed by atoms with van der Waals surface area (Å²) in [5, 5.41) is 14.0. The molecular formula is C15H16F2N4O2S. The zero-order valence-electron chi connectivity index (χ0n) is 12.9. The molecule has 6 nitrogen and oxygen atoms in total. The second-order valence-electron chi connectivity index (χ2n) is 4.93. The molecule has 0 spiro atoms. The molecule has 2 amide bonds. The van der Waals surface area contributed by atoms with Crippen LogP contribution in [0.5, 0.6) is 0 Å². The van der Waals surface area contributed by atoms with E-state index in [4.69, 9.17) is 0 Å². The molecule has 2 aromatic rings. The van der Waals surface area contributed by atoms with E-state index in [0.29, 0.717) is 11.2 Å². The number of benzene rings is 1. The van der Waals surface area contributed by atoms with Crippen molar-refractivity contribution in [3.05, 3.63) is 40.4 Å². The van der Waals surface area contributed by atoms with E-state index in [-0.39, 0.29) is 24.4 Å². The van der Waals surface area contributed by atoms with E-state index >= 15 is 0 Å². The molecule has 1 aromatic heterocycles. The molecule has 0 unspecified atom stereocenters. The molecule has 0 bridgehead atoms. The van der Waals surface area contributed by atoms with E-state index in [1.54, 1.807) is 0 Å². The normalized spacial score (nSPS) is 10.5. The molecule has 24 heavy (non-hydrogen) atoms. The number of anilines is 1. The smallest absolute Gasteiger partial charge is 0.254 e. The van der Waals surface area contributed by atoms with Crippen LogP contribution in [0.3, 0.4) is 0 Å². The van der Waals surface area contributed by atoms with Gasteiger partial charge in [-0.25, -0.2) is 8.78 Å². The number of hydrogen-bond acceptors (Lipinski definition) is 5. The fraction of sp³-hybridized carbons (Fsp3) is 0.333. The Labute approximate surface area is 141 Å². The van der Waals surface area contributed by atoms with Gasteiger partial charge in [0.25, 0.3) is 5.91 Å². The number of carbonyl (C=O) groups excluding carboxylic acids is 2. The summed E-state index contributed by atoms with van der Waals surface area (Å²) in [6.07, 6.45) is 1.73. The lowest BCUT2D eigenvalue weighted by Gasteiger charge is -2.06. The molecule has 0 saturated carbocycles. The summed E-state index contributed by atoms with van der Waals surface area (Å²) in [4.78, 5) is 23.5. The molecule has 0 aliphatic heterocycles. The summed E-state index contributed by atoms with van der Waals surface area (Å²) in [5.41, 5.74) is -0.273. The number of halogens is 2. The third-order valence-corrected chi connectivity index (χ3v) is 3.89. The van der Waals surface area contributed by atoms with E-state index in [0.717, 1.165) is 30.0 Å². The van der Waals surface area contributed by atoms with E-state index in [9.17, 15) is 18.4 Å². The summed E-state index contributed by atoms with van der Waals surface area (Å²) in [5.74, 6) is -2.76. The highest BCUT2D eigenvalue weighted by molar-refractivity contribution is 7.15. The second-order valence-corrected chi connectivity index (χ2v) is 5.99. The Bertz CT molecular complexity index is 736. The first-order valence-corrected chi connectivity index (χ1v) is 8.16. The van der Waals surface area contributed by atoms with Crippen LogP contribution in [0.1, 0.15) is 35.1 Å². The van der Waals surface area contributed by atoms with Crippen LogP contribution in [0, 0.1) is 11.6 Å². The number of aromatic nitrogens is 2. The van der Waals surface area contributed by atoms with E-state index < -0.39 is 17.5 Å². The monoisotopic (exact) mass is 354 g/mol. The number of hydrogen-bond donors (Lipinski definition) is 2. The van der Waals surface area contributed by atoms with Gasteiger partial charge in [0.15, 0.2) is 0 Å². The molecule has 0 aliphatic rings. The molecule has 2 N–H and O–H groups in total. The van der Waals surface area contributed by atoms with Crippen molar-refractivity contribution < 1.29 is 18.4 Å². The molecule has 0 saturated heterocycles. The van der Waals surface area contributed by atoms with Gasteiger partial charge < -0.3 is 10.6 Å². The highest BCUT2D eigenvalue weighted by Crippen LogP contribution is 2.16. The highest BCUT2D eigenvalue weighted by Gasteiger charge is 2.13. The molecular weight excluding hydrogens is 338 g/mol. The highest BCUT2D eigenvalue weighted by atomic mass is 32.1. The number of amides is 2. The molecule has 128 valence electrons. The van der Waals surface area contributed by atoms with Crippen LogP contribution in [0.2, 0.25) is 0 Å². The Morgan fingerprint density at radius 2 is 2.04 bits per heavy atom. The van der Waals surface area contributed by atoms with Crippen LogP contribution in [0.15, 0.2) is 18.2 Å². The maximum absolute atomic E-state index is 13.4. The Kier molecular flexibility index (Phi) is 6.30. The van der Waals surface area contributed by atoms with Crippen LogP contribution >= 0.6 is 11.3 Å². The Morgan fingerprint density at radius 1 is 1.25 bits per heavy atom. The van der Waals surface area contributed by atoms with Gasteiger partial charge in [-0.3, -0.25) is 9.59 Å². The van der Waals surface area contributed by atoms with Crippen molar-refractivity contribution in [2.45, 2.75) is 26.2 Å². The number of rotatable bonds is 7. The van der Waals surface area contributed by atoms with Crippen LogP contribution in [0.4, 0.5) is 13.9 Å². The van der Waals surface area contributed by atoms with Gasteiger partial charge in [0, 0.05) is 25.5 Å². The van der Waals surface area contributed by atoms with Crippen LogP contribution < -0.4 is 10.6 Å². The van der Waals surface area contributed by atoms with Crippen molar-refractivity contribution in [2.24, 2.45) is 0 Å². The molecule has 0 aliphatic carbocycles. The van der Waals surface area contributed by atoms with Crippen LogP contribution in [-0.4, -0.2) is 28.6 Å². The molecule has 9 heteroatoms. The van der Waals surface area contributed by atoms with E-state index in [2.05, 4.69) is 20.8 Å². The Hall–Kier alpha value is -2.42. The standard InChI is InChI=1S/C15H16F2N4O2S/c1-2-3-13-20-21-15(24-13)19-12(22)6-7-18-14(23)10-5-4-9(16)8-11(10)17/h4-5,8H,2-3,6-7H2,1H3,(H,18,23)(H,19,21,22). The lowest BCUT2D eigenvalue weighted by Crippen LogP contribution is -2.28. The number of carbonyl (C=O) groups is 2. The van der Waals surface area contributed by atoms with E-state index in [1.165, 1.54) is 11.3 Å². The van der Waals surface area contributed by atoms with Crippen molar-refractivity contribution in [1.29, 1.82) is 0 Å². The first-order valence-electron chi connectivity index (χ1n) is 7.35. The Morgan fingerprint density at radius 3 is 2.75 bits per heavy atom. The molecule has 0 fully saturated rings. The molecule has 0 atom stereocenters. The zero-order valence-corrected chi connectivity index (χ0v) is 13.8. The maximum Gasteiger partial charge on any atom is 0.254 e. The second kappa shape index (κ2) is 8.44. The maximum atomic E-state index is 13.4. The SMILES string of the molecule is CCCc1nnc(NC(=O)CCNC(=O)c2ccc(F)cc2F)s1. The van der Waals surface area contributed by atoms with Gasteiger partial charge in [-0.2, -0.15) is 0 Å². The molecule has 1 aromatic carbocycles. The van der Waals surface area contributed by atoms with Gasteiger partial charge in [-0.05, 0) is 18.6 Å². The van der Waals surface area contributed by atoms with Crippen molar-refractivity contribution >= 4 is 28.3 Å². The lowest BCUT2D eigenvalue weighted by molar-refractivity contribution is -0.116.